The van der Waals surface area contributed by atoms with Gasteiger partial charge in [0.15, 0.2) is 0 Å². The van der Waals surface area contributed by atoms with Crippen LogP contribution in [-0.2, 0) is 4.79 Å². The van der Waals surface area contributed by atoms with Gasteiger partial charge in [0.05, 0.1) is 16.3 Å². The van der Waals surface area contributed by atoms with E-state index in [2.05, 4.69) is 14.3 Å². The van der Waals surface area contributed by atoms with Gasteiger partial charge in [-0.15, -0.1) is 11.3 Å². The topological polar surface area (TPSA) is 75.4 Å². The van der Waals surface area contributed by atoms with Crippen molar-refractivity contribution in [2.75, 3.05) is 36.8 Å². The smallest absolute Gasteiger partial charge is 0.219 e. The van der Waals surface area contributed by atoms with Gasteiger partial charge in [0.1, 0.15) is 10.8 Å². The SMILES string of the molecule is CC(=O)N1CCN(c2snc(N)c2-c2csc(C)n2)CC1. The molecule has 1 saturated heterocycles. The fraction of sp³-hybridized carbons (Fsp3) is 0.462. The zero-order chi connectivity index (χ0) is 15.0. The van der Waals surface area contributed by atoms with E-state index in [9.17, 15) is 4.79 Å². The number of carbonyl (C=O) groups excluding carboxylic acids is 1. The fourth-order valence-corrected chi connectivity index (χ4v) is 3.93. The molecular formula is C13H17N5OS2. The van der Waals surface area contributed by atoms with E-state index in [0.717, 1.165) is 47.4 Å². The van der Waals surface area contributed by atoms with Crippen LogP contribution in [0.5, 0.6) is 0 Å². The number of aromatic nitrogens is 2. The van der Waals surface area contributed by atoms with E-state index in [-0.39, 0.29) is 5.91 Å². The third-order valence-corrected chi connectivity index (χ3v) is 5.28. The summed E-state index contributed by atoms with van der Waals surface area (Å²) in [6.07, 6.45) is 0. The molecule has 0 aromatic carbocycles. The van der Waals surface area contributed by atoms with Gasteiger partial charge in [0.25, 0.3) is 0 Å². The Bertz CT molecular complexity index is 657. The van der Waals surface area contributed by atoms with E-state index < -0.39 is 0 Å². The molecule has 3 rings (SSSR count). The molecule has 0 aliphatic carbocycles. The van der Waals surface area contributed by atoms with E-state index in [1.54, 1.807) is 18.3 Å². The Balaban J connectivity index is 1.86. The normalized spacial score (nSPS) is 15.5. The van der Waals surface area contributed by atoms with Crippen molar-refractivity contribution < 1.29 is 4.79 Å². The summed E-state index contributed by atoms with van der Waals surface area (Å²) in [6, 6.07) is 0. The molecule has 0 bridgehead atoms. The van der Waals surface area contributed by atoms with Gasteiger partial charge >= 0.3 is 0 Å². The number of carbonyl (C=O) groups is 1. The Labute approximate surface area is 131 Å². The Kier molecular flexibility index (Phi) is 3.81. The van der Waals surface area contributed by atoms with Crippen molar-refractivity contribution >= 4 is 39.6 Å². The molecule has 1 fully saturated rings. The van der Waals surface area contributed by atoms with Gasteiger partial charge in [-0.1, -0.05) is 0 Å². The number of rotatable bonds is 2. The molecule has 8 heteroatoms. The van der Waals surface area contributed by atoms with Crippen molar-refractivity contribution in [3.05, 3.63) is 10.4 Å². The molecule has 0 spiro atoms. The quantitative estimate of drug-likeness (QED) is 0.912. The van der Waals surface area contributed by atoms with Gasteiger partial charge in [-0.2, -0.15) is 4.37 Å². The number of hydrogen-bond donors (Lipinski definition) is 1. The molecule has 112 valence electrons. The van der Waals surface area contributed by atoms with Crippen molar-refractivity contribution in [3.8, 4) is 11.3 Å². The second-order valence-electron chi connectivity index (χ2n) is 4.99. The van der Waals surface area contributed by atoms with Gasteiger partial charge in [-0.3, -0.25) is 4.79 Å². The third kappa shape index (κ3) is 2.73. The molecule has 6 nitrogen and oxygen atoms in total. The molecule has 21 heavy (non-hydrogen) atoms. The van der Waals surface area contributed by atoms with Crippen molar-refractivity contribution in [1.29, 1.82) is 0 Å². The van der Waals surface area contributed by atoms with Crippen LogP contribution in [-0.4, -0.2) is 46.3 Å². The van der Waals surface area contributed by atoms with Crippen LogP contribution in [0.25, 0.3) is 11.3 Å². The van der Waals surface area contributed by atoms with Crippen LogP contribution >= 0.6 is 22.9 Å². The zero-order valence-corrected chi connectivity index (χ0v) is 13.6. The number of nitrogens with two attached hydrogens (primary N) is 1. The second-order valence-corrected chi connectivity index (χ2v) is 6.81. The average Bonchev–Trinajstić information content (AvgIpc) is 3.04. The summed E-state index contributed by atoms with van der Waals surface area (Å²) >= 11 is 3.02. The van der Waals surface area contributed by atoms with E-state index >= 15 is 0 Å². The first-order chi connectivity index (χ1) is 10.1. The fourth-order valence-electron chi connectivity index (χ4n) is 2.45. The molecular weight excluding hydrogens is 306 g/mol. The van der Waals surface area contributed by atoms with Gasteiger partial charge in [0, 0.05) is 38.5 Å². The van der Waals surface area contributed by atoms with Crippen LogP contribution in [0.3, 0.4) is 0 Å². The Hall–Kier alpha value is -1.67. The minimum Gasteiger partial charge on any atom is -0.382 e. The summed E-state index contributed by atoms with van der Waals surface area (Å²) in [4.78, 5) is 20.0. The molecule has 1 amide bonds. The average molecular weight is 323 g/mol. The van der Waals surface area contributed by atoms with E-state index in [1.807, 2.05) is 17.2 Å². The molecule has 0 radical (unpaired) electrons. The highest BCUT2D eigenvalue weighted by molar-refractivity contribution is 7.11. The largest absolute Gasteiger partial charge is 0.382 e. The number of amides is 1. The number of hydrogen-bond acceptors (Lipinski definition) is 7. The van der Waals surface area contributed by atoms with Crippen LogP contribution < -0.4 is 10.6 Å². The van der Waals surface area contributed by atoms with Crippen LogP contribution in [0.2, 0.25) is 0 Å². The van der Waals surface area contributed by atoms with E-state index in [1.165, 1.54) is 11.5 Å². The number of nitrogens with zero attached hydrogens (tertiary/aromatic N) is 4. The molecule has 0 atom stereocenters. The summed E-state index contributed by atoms with van der Waals surface area (Å²) in [7, 11) is 0. The molecule has 1 aliphatic heterocycles. The van der Waals surface area contributed by atoms with Crippen molar-refractivity contribution in [3.63, 3.8) is 0 Å². The minimum atomic E-state index is 0.133. The molecule has 2 N–H and O–H groups in total. The highest BCUT2D eigenvalue weighted by Gasteiger charge is 2.25. The summed E-state index contributed by atoms with van der Waals surface area (Å²) in [5, 5.41) is 4.09. The molecule has 2 aromatic rings. The number of anilines is 2. The lowest BCUT2D eigenvalue weighted by Gasteiger charge is -2.35. The Morgan fingerprint density at radius 1 is 1.33 bits per heavy atom. The van der Waals surface area contributed by atoms with Crippen LogP contribution in [0.15, 0.2) is 5.38 Å². The lowest BCUT2D eigenvalue weighted by atomic mass is 10.2. The molecule has 0 unspecified atom stereocenters. The van der Waals surface area contributed by atoms with E-state index in [0.29, 0.717) is 5.82 Å². The summed E-state index contributed by atoms with van der Waals surface area (Å²) in [5.41, 5.74) is 7.86. The van der Waals surface area contributed by atoms with Gasteiger partial charge in [0.2, 0.25) is 5.91 Å². The summed E-state index contributed by atoms with van der Waals surface area (Å²) in [5.74, 6) is 0.670. The predicted molar refractivity (Wildman–Crippen MR) is 86.8 cm³/mol. The van der Waals surface area contributed by atoms with Gasteiger partial charge in [-0.05, 0) is 18.5 Å². The first-order valence-corrected chi connectivity index (χ1v) is 8.39. The number of nitrogen functional groups attached to an aromatic ring is 1. The second kappa shape index (κ2) is 5.61. The predicted octanol–water partition coefficient (Wildman–Crippen LogP) is 1.83. The maximum absolute atomic E-state index is 11.4. The standard InChI is InChI=1S/C13H17N5OS2/c1-8-15-10(7-20-8)11-12(14)16-21-13(11)18-5-3-17(4-6-18)9(2)19/h7H,3-6H2,1-2H3,(H2,14,16). The highest BCUT2D eigenvalue weighted by atomic mass is 32.1. The zero-order valence-electron chi connectivity index (χ0n) is 12.0. The van der Waals surface area contributed by atoms with Gasteiger partial charge in [-0.25, -0.2) is 4.98 Å². The maximum Gasteiger partial charge on any atom is 0.219 e. The van der Waals surface area contributed by atoms with Crippen LogP contribution in [0, 0.1) is 6.92 Å². The molecule has 0 saturated carbocycles. The monoisotopic (exact) mass is 323 g/mol. The van der Waals surface area contributed by atoms with Crippen molar-refractivity contribution in [2.45, 2.75) is 13.8 Å². The summed E-state index contributed by atoms with van der Waals surface area (Å²) < 4.78 is 4.29. The first kappa shape index (κ1) is 14.3. The maximum atomic E-state index is 11.4. The summed E-state index contributed by atoms with van der Waals surface area (Å²) in [6.45, 7) is 6.68. The van der Waals surface area contributed by atoms with Crippen molar-refractivity contribution in [1.82, 2.24) is 14.3 Å². The van der Waals surface area contributed by atoms with Crippen LogP contribution in [0.4, 0.5) is 10.8 Å². The molecule has 3 heterocycles. The highest BCUT2D eigenvalue weighted by Crippen LogP contribution is 2.39. The third-order valence-electron chi connectivity index (χ3n) is 3.59. The first-order valence-electron chi connectivity index (χ1n) is 6.74. The van der Waals surface area contributed by atoms with Crippen molar-refractivity contribution in [2.24, 2.45) is 0 Å². The molecule has 2 aromatic heterocycles. The van der Waals surface area contributed by atoms with Crippen LogP contribution in [0.1, 0.15) is 11.9 Å². The number of piperazine rings is 1. The van der Waals surface area contributed by atoms with E-state index in [4.69, 9.17) is 5.73 Å². The number of thiazole rings is 1. The minimum absolute atomic E-state index is 0.133. The lowest BCUT2D eigenvalue weighted by molar-refractivity contribution is -0.129. The number of aryl methyl sites for hydroxylation is 1. The van der Waals surface area contributed by atoms with Gasteiger partial charge < -0.3 is 15.5 Å². The molecule has 1 aliphatic rings. The lowest BCUT2D eigenvalue weighted by Crippen LogP contribution is -2.48. The Morgan fingerprint density at radius 3 is 2.62 bits per heavy atom. The Morgan fingerprint density at radius 2 is 2.05 bits per heavy atom.